The van der Waals surface area contributed by atoms with Crippen molar-refractivity contribution in [3.63, 3.8) is 0 Å². The third-order valence-electron chi connectivity index (χ3n) is 3.26. The molecule has 0 N–H and O–H groups in total. The molecule has 0 unspecified atom stereocenters. The van der Waals surface area contributed by atoms with Crippen LogP contribution in [-0.2, 0) is 0 Å². The fourth-order valence-electron chi connectivity index (χ4n) is 1.93. The normalized spacial score (nSPS) is 10.0. The zero-order chi connectivity index (χ0) is 14.9. The van der Waals surface area contributed by atoms with Crippen LogP contribution in [0.3, 0.4) is 0 Å². The topological polar surface area (TPSA) is 12.5 Å². The summed E-state index contributed by atoms with van der Waals surface area (Å²) in [5.41, 5.74) is 1.02. The van der Waals surface area contributed by atoms with E-state index < -0.39 is 0 Å². The second-order valence-corrected chi connectivity index (χ2v) is 4.70. The highest BCUT2D eigenvalue weighted by atomic mass is 16.5. The number of nitrogens with zero attached hydrogens (tertiary/aromatic N) is 1. The molecule has 0 aliphatic rings. The fraction of sp³-hybridized carbons (Fsp3) is 0.263. The molecule has 0 aliphatic carbocycles. The number of ether oxygens (including phenoxy) is 1. The van der Waals surface area contributed by atoms with E-state index in [4.69, 9.17) is 4.74 Å². The lowest BCUT2D eigenvalue weighted by Gasteiger charge is -2.13. The Morgan fingerprint density at radius 3 is 2.10 bits per heavy atom. The Kier molecular flexibility index (Phi) is 5.87. The summed E-state index contributed by atoms with van der Waals surface area (Å²) < 4.78 is 5.75. The van der Waals surface area contributed by atoms with Crippen LogP contribution in [0.2, 0.25) is 0 Å². The Balaban J connectivity index is 1.95. The summed E-state index contributed by atoms with van der Waals surface area (Å²) in [6.45, 7) is 7.20. The molecular formula is C19H21NO. The summed E-state index contributed by atoms with van der Waals surface area (Å²) in [6.07, 6.45) is 0. The van der Waals surface area contributed by atoms with Gasteiger partial charge in [-0.25, -0.2) is 0 Å². The predicted molar refractivity (Wildman–Crippen MR) is 87.6 cm³/mol. The second-order valence-electron chi connectivity index (χ2n) is 4.70. The standard InChI is InChI=1S/C19H21NO/c1-3-20(4-2)16-8-9-17-12-14-19(15-13-17)21-18-10-6-5-7-11-18/h5-7,10-15H,3-4,16H2,1-2H3. The van der Waals surface area contributed by atoms with Gasteiger partial charge in [0.15, 0.2) is 0 Å². The van der Waals surface area contributed by atoms with Gasteiger partial charge in [-0.1, -0.05) is 43.9 Å². The quantitative estimate of drug-likeness (QED) is 0.762. The first-order valence-corrected chi connectivity index (χ1v) is 7.36. The molecule has 0 atom stereocenters. The minimum absolute atomic E-state index is 0.815. The Morgan fingerprint density at radius 1 is 0.857 bits per heavy atom. The van der Waals surface area contributed by atoms with Gasteiger partial charge >= 0.3 is 0 Å². The van der Waals surface area contributed by atoms with Crippen molar-refractivity contribution in [3.8, 4) is 23.3 Å². The van der Waals surface area contributed by atoms with Crippen molar-refractivity contribution in [1.29, 1.82) is 0 Å². The van der Waals surface area contributed by atoms with Crippen molar-refractivity contribution in [2.75, 3.05) is 19.6 Å². The van der Waals surface area contributed by atoms with Crippen LogP contribution < -0.4 is 4.74 Å². The smallest absolute Gasteiger partial charge is 0.127 e. The predicted octanol–water partition coefficient (Wildman–Crippen LogP) is 4.17. The van der Waals surface area contributed by atoms with Crippen molar-refractivity contribution in [2.24, 2.45) is 0 Å². The van der Waals surface area contributed by atoms with Crippen LogP contribution in [0, 0.1) is 11.8 Å². The molecular weight excluding hydrogens is 258 g/mol. The monoisotopic (exact) mass is 279 g/mol. The number of rotatable bonds is 5. The van der Waals surface area contributed by atoms with E-state index in [0.29, 0.717) is 0 Å². The van der Waals surface area contributed by atoms with Crippen molar-refractivity contribution >= 4 is 0 Å². The van der Waals surface area contributed by atoms with Crippen LogP contribution in [0.5, 0.6) is 11.5 Å². The molecule has 0 saturated carbocycles. The molecule has 2 nitrogen and oxygen atoms in total. The number of para-hydroxylation sites is 1. The molecule has 2 aromatic rings. The van der Waals surface area contributed by atoms with Gasteiger partial charge in [0.1, 0.15) is 11.5 Å². The summed E-state index contributed by atoms with van der Waals surface area (Å²) in [7, 11) is 0. The first-order chi connectivity index (χ1) is 10.3. The van der Waals surface area contributed by atoms with Crippen molar-refractivity contribution in [3.05, 3.63) is 60.2 Å². The molecule has 2 rings (SSSR count). The number of hydrogen-bond acceptors (Lipinski definition) is 2. The number of benzene rings is 2. The minimum atomic E-state index is 0.815. The van der Waals surface area contributed by atoms with E-state index in [1.165, 1.54) is 0 Å². The van der Waals surface area contributed by atoms with Gasteiger partial charge in [-0.05, 0) is 49.5 Å². The van der Waals surface area contributed by atoms with Gasteiger partial charge < -0.3 is 4.74 Å². The lowest BCUT2D eigenvalue weighted by molar-refractivity contribution is 0.342. The summed E-state index contributed by atoms with van der Waals surface area (Å²) in [5.74, 6) is 8.07. The first-order valence-electron chi connectivity index (χ1n) is 7.36. The van der Waals surface area contributed by atoms with Gasteiger partial charge in [-0.3, -0.25) is 4.90 Å². The Labute approximate surface area is 127 Å². The van der Waals surface area contributed by atoms with Crippen LogP contribution in [-0.4, -0.2) is 24.5 Å². The molecule has 21 heavy (non-hydrogen) atoms. The average Bonchev–Trinajstić information content (AvgIpc) is 2.54. The van der Waals surface area contributed by atoms with E-state index in [-0.39, 0.29) is 0 Å². The van der Waals surface area contributed by atoms with Gasteiger partial charge in [-0.15, -0.1) is 0 Å². The molecule has 0 bridgehead atoms. The van der Waals surface area contributed by atoms with Gasteiger partial charge in [0.2, 0.25) is 0 Å². The summed E-state index contributed by atoms with van der Waals surface area (Å²) >= 11 is 0. The molecule has 0 aromatic heterocycles. The van der Waals surface area contributed by atoms with Crippen molar-refractivity contribution < 1.29 is 4.74 Å². The third kappa shape index (κ3) is 4.98. The molecule has 0 spiro atoms. The maximum atomic E-state index is 5.75. The van der Waals surface area contributed by atoms with E-state index in [1.807, 2.05) is 54.6 Å². The third-order valence-corrected chi connectivity index (χ3v) is 3.26. The molecule has 2 heteroatoms. The first kappa shape index (κ1) is 15.2. The lowest BCUT2D eigenvalue weighted by Crippen LogP contribution is -2.22. The molecule has 2 aromatic carbocycles. The van der Waals surface area contributed by atoms with Crippen LogP contribution >= 0.6 is 0 Å². The summed E-state index contributed by atoms with van der Waals surface area (Å²) in [6, 6.07) is 17.7. The van der Waals surface area contributed by atoms with Gasteiger partial charge in [0.05, 0.1) is 6.54 Å². The highest BCUT2D eigenvalue weighted by Crippen LogP contribution is 2.20. The Bertz CT molecular complexity index is 589. The molecule has 0 heterocycles. The van der Waals surface area contributed by atoms with Crippen molar-refractivity contribution in [1.82, 2.24) is 4.90 Å². The van der Waals surface area contributed by atoms with Gasteiger partial charge in [0.25, 0.3) is 0 Å². The molecule has 0 amide bonds. The van der Waals surface area contributed by atoms with Gasteiger partial charge in [-0.2, -0.15) is 0 Å². The van der Waals surface area contributed by atoms with Crippen LogP contribution in [0.25, 0.3) is 0 Å². The maximum Gasteiger partial charge on any atom is 0.127 e. The molecule has 0 aliphatic heterocycles. The number of hydrogen-bond donors (Lipinski definition) is 0. The highest BCUT2D eigenvalue weighted by molar-refractivity contribution is 5.40. The molecule has 0 radical (unpaired) electrons. The van der Waals surface area contributed by atoms with Crippen molar-refractivity contribution in [2.45, 2.75) is 13.8 Å². The maximum absolute atomic E-state index is 5.75. The zero-order valence-electron chi connectivity index (χ0n) is 12.7. The molecule has 108 valence electrons. The summed E-state index contributed by atoms with van der Waals surface area (Å²) in [4.78, 5) is 2.29. The van der Waals surface area contributed by atoms with Crippen LogP contribution in [0.15, 0.2) is 54.6 Å². The minimum Gasteiger partial charge on any atom is -0.457 e. The van der Waals surface area contributed by atoms with Gasteiger partial charge in [0, 0.05) is 5.56 Å². The second kappa shape index (κ2) is 8.14. The summed E-state index contributed by atoms with van der Waals surface area (Å²) in [5, 5.41) is 0. The van der Waals surface area contributed by atoms with E-state index >= 15 is 0 Å². The largest absolute Gasteiger partial charge is 0.457 e. The fourth-order valence-corrected chi connectivity index (χ4v) is 1.93. The average molecular weight is 279 g/mol. The SMILES string of the molecule is CCN(CC)CC#Cc1ccc(Oc2ccccc2)cc1. The van der Waals surface area contributed by atoms with Crippen LogP contribution in [0.4, 0.5) is 0 Å². The van der Waals surface area contributed by atoms with E-state index in [9.17, 15) is 0 Å². The van der Waals surface area contributed by atoms with E-state index in [1.54, 1.807) is 0 Å². The highest BCUT2D eigenvalue weighted by Gasteiger charge is 1.96. The lowest BCUT2D eigenvalue weighted by atomic mass is 10.2. The molecule has 0 saturated heterocycles. The van der Waals surface area contributed by atoms with Crippen LogP contribution in [0.1, 0.15) is 19.4 Å². The zero-order valence-corrected chi connectivity index (χ0v) is 12.7. The Hall–Kier alpha value is -2.24. The Morgan fingerprint density at radius 2 is 1.48 bits per heavy atom. The van der Waals surface area contributed by atoms with E-state index in [2.05, 4.69) is 30.6 Å². The van der Waals surface area contributed by atoms with E-state index in [0.717, 1.165) is 36.7 Å². The molecule has 0 fully saturated rings.